The van der Waals surface area contributed by atoms with E-state index < -0.39 is 0 Å². The number of aromatic nitrogens is 2. The van der Waals surface area contributed by atoms with E-state index in [1.54, 1.807) is 12.1 Å². The van der Waals surface area contributed by atoms with Gasteiger partial charge in [-0.05, 0) is 18.6 Å². The Balaban J connectivity index is 1.94. The molecular weight excluding hydrogens is 224 g/mol. The lowest BCUT2D eigenvalue weighted by Crippen LogP contribution is -1.97. The quantitative estimate of drug-likeness (QED) is 0.877. The van der Waals surface area contributed by atoms with E-state index in [4.69, 9.17) is 9.68 Å². The highest BCUT2D eigenvalue weighted by molar-refractivity contribution is 7.15. The van der Waals surface area contributed by atoms with Gasteiger partial charge in [-0.3, -0.25) is 0 Å². The number of anilines is 1. The number of hydrogen-bond acceptors (Lipinski definition) is 6. The number of nitrogens with one attached hydrogen (secondary N) is 1. The third-order valence-corrected chi connectivity index (χ3v) is 2.98. The first-order valence-electron chi connectivity index (χ1n) is 4.87. The second kappa shape index (κ2) is 4.77. The second-order valence-corrected chi connectivity index (χ2v) is 4.15. The van der Waals surface area contributed by atoms with Gasteiger partial charge in [-0.15, -0.1) is 10.2 Å². The van der Waals surface area contributed by atoms with E-state index in [-0.39, 0.29) is 0 Å². The van der Waals surface area contributed by atoms with Crippen molar-refractivity contribution in [2.24, 2.45) is 0 Å². The van der Waals surface area contributed by atoms with Crippen LogP contribution in [0.1, 0.15) is 23.5 Å². The van der Waals surface area contributed by atoms with Gasteiger partial charge in [-0.1, -0.05) is 18.3 Å². The fourth-order valence-corrected chi connectivity index (χ4v) is 1.84. The molecule has 0 aliphatic heterocycles. The SMILES string of the molecule is CCc1nnc(NCc2ccc(C#N)o2)s1. The molecule has 5 nitrogen and oxygen atoms in total. The summed E-state index contributed by atoms with van der Waals surface area (Å²) in [4.78, 5) is 0. The third kappa shape index (κ3) is 2.38. The number of aryl methyl sites for hydroxylation is 1. The minimum Gasteiger partial charge on any atom is -0.449 e. The normalized spacial score (nSPS) is 10.0. The second-order valence-electron chi connectivity index (χ2n) is 3.09. The van der Waals surface area contributed by atoms with Crippen LogP contribution in [0.2, 0.25) is 0 Å². The molecule has 2 aromatic rings. The van der Waals surface area contributed by atoms with E-state index in [0.29, 0.717) is 18.1 Å². The Morgan fingerprint density at radius 1 is 1.50 bits per heavy atom. The van der Waals surface area contributed by atoms with Gasteiger partial charge in [0.1, 0.15) is 16.8 Å². The summed E-state index contributed by atoms with van der Waals surface area (Å²) < 4.78 is 5.22. The largest absolute Gasteiger partial charge is 0.449 e. The molecule has 0 spiro atoms. The summed E-state index contributed by atoms with van der Waals surface area (Å²) in [5.41, 5.74) is 0. The highest BCUT2D eigenvalue weighted by Crippen LogP contribution is 2.16. The zero-order valence-electron chi connectivity index (χ0n) is 8.73. The molecule has 2 rings (SSSR count). The van der Waals surface area contributed by atoms with E-state index in [2.05, 4.69) is 15.5 Å². The Bertz CT molecular complexity index is 511. The summed E-state index contributed by atoms with van der Waals surface area (Å²) in [5.74, 6) is 1.04. The smallest absolute Gasteiger partial charge is 0.206 e. The van der Waals surface area contributed by atoms with E-state index >= 15 is 0 Å². The Morgan fingerprint density at radius 3 is 3.00 bits per heavy atom. The van der Waals surface area contributed by atoms with Crippen molar-refractivity contribution in [1.29, 1.82) is 5.26 Å². The van der Waals surface area contributed by atoms with Crippen LogP contribution in [0, 0.1) is 11.3 Å². The van der Waals surface area contributed by atoms with Crippen LogP contribution < -0.4 is 5.32 Å². The summed E-state index contributed by atoms with van der Waals surface area (Å²) in [6.07, 6.45) is 0.888. The Kier molecular flexibility index (Phi) is 3.17. The van der Waals surface area contributed by atoms with Crippen molar-refractivity contribution in [3.8, 4) is 6.07 Å². The number of nitriles is 1. The average Bonchev–Trinajstić information content (AvgIpc) is 2.95. The van der Waals surface area contributed by atoms with Gasteiger partial charge >= 0.3 is 0 Å². The highest BCUT2D eigenvalue weighted by Gasteiger charge is 2.04. The van der Waals surface area contributed by atoms with Crippen molar-refractivity contribution in [2.75, 3.05) is 5.32 Å². The zero-order chi connectivity index (χ0) is 11.4. The summed E-state index contributed by atoms with van der Waals surface area (Å²) >= 11 is 1.52. The maximum Gasteiger partial charge on any atom is 0.206 e. The molecule has 0 saturated carbocycles. The molecular formula is C10H10N4OS. The van der Waals surface area contributed by atoms with Crippen LogP contribution in [0.5, 0.6) is 0 Å². The first-order chi connectivity index (χ1) is 7.81. The van der Waals surface area contributed by atoms with E-state index in [9.17, 15) is 0 Å². The van der Waals surface area contributed by atoms with Crippen molar-refractivity contribution < 1.29 is 4.42 Å². The molecule has 0 aliphatic rings. The molecule has 1 N–H and O–H groups in total. The predicted molar refractivity (Wildman–Crippen MR) is 60.0 cm³/mol. The molecule has 0 unspecified atom stereocenters. The molecule has 0 aromatic carbocycles. The van der Waals surface area contributed by atoms with Crippen LogP contribution in [-0.4, -0.2) is 10.2 Å². The van der Waals surface area contributed by atoms with Crippen molar-refractivity contribution in [3.63, 3.8) is 0 Å². The topological polar surface area (TPSA) is 74.7 Å². The first kappa shape index (κ1) is 10.6. The molecule has 0 amide bonds. The van der Waals surface area contributed by atoms with Crippen LogP contribution in [-0.2, 0) is 13.0 Å². The molecule has 0 radical (unpaired) electrons. The fourth-order valence-electron chi connectivity index (χ4n) is 1.16. The van der Waals surface area contributed by atoms with Gasteiger partial charge in [-0.25, -0.2) is 0 Å². The van der Waals surface area contributed by atoms with Crippen molar-refractivity contribution >= 4 is 16.5 Å². The Morgan fingerprint density at radius 2 is 2.38 bits per heavy atom. The molecule has 6 heteroatoms. The van der Waals surface area contributed by atoms with Crippen LogP contribution >= 0.6 is 11.3 Å². The molecule has 0 saturated heterocycles. The summed E-state index contributed by atoms with van der Waals surface area (Å²) in [6, 6.07) is 5.36. The van der Waals surface area contributed by atoms with Crippen LogP contribution in [0.25, 0.3) is 0 Å². The predicted octanol–water partition coefficient (Wildman–Crippen LogP) is 2.18. The average molecular weight is 234 g/mol. The van der Waals surface area contributed by atoms with Gasteiger partial charge in [0.25, 0.3) is 0 Å². The lowest BCUT2D eigenvalue weighted by molar-refractivity contribution is 0.506. The fraction of sp³-hybridized carbons (Fsp3) is 0.300. The third-order valence-electron chi connectivity index (χ3n) is 1.95. The number of nitrogens with zero attached hydrogens (tertiary/aromatic N) is 3. The molecule has 0 aliphatic carbocycles. The number of hydrogen-bond donors (Lipinski definition) is 1. The van der Waals surface area contributed by atoms with E-state index in [1.165, 1.54) is 11.3 Å². The lowest BCUT2D eigenvalue weighted by atomic mass is 10.4. The molecule has 2 heterocycles. The van der Waals surface area contributed by atoms with Gasteiger partial charge in [-0.2, -0.15) is 5.26 Å². The van der Waals surface area contributed by atoms with Crippen molar-refractivity contribution in [2.45, 2.75) is 19.9 Å². The molecule has 0 bridgehead atoms. The lowest BCUT2D eigenvalue weighted by Gasteiger charge is -1.96. The minimum atomic E-state index is 0.323. The summed E-state index contributed by atoms with van der Waals surface area (Å²) in [6.45, 7) is 2.55. The van der Waals surface area contributed by atoms with Gasteiger partial charge < -0.3 is 9.73 Å². The van der Waals surface area contributed by atoms with Crippen LogP contribution in [0.15, 0.2) is 16.5 Å². The summed E-state index contributed by atoms with van der Waals surface area (Å²) in [7, 11) is 0. The molecule has 16 heavy (non-hydrogen) atoms. The van der Waals surface area contributed by atoms with E-state index in [0.717, 1.165) is 16.6 Å². The van der Waals surface area contributed by atoms with Crippen molar-refractivity contribution in [1.82, 2.24) is 10.2 Å². The maximum absolute atomic E-state index is 8.59. The van der Waals surface area contributed by atoms with Gasteiger partial charge in [0.05, 0.1) is 6.54 Å². The molecule has 2 aromatic heterocycles. The highest BCUT2D eigenvalue weighted by atomic mass is 32.1. The Labute approximate surface area is 96.7 Å². The zero-order valence-corrected chi connectivity index (χ0v) is 9.54. The van der Waals surface area contributed by atoms with Gasteiger partial charge in [0, 0.05) is 0 Å². The van der Waals surface area contributed by atoms with E-state index in [1.807, 2.05) is 13.0 Å². The van der Waals surface area contributed by atoms with Crippen LogP contribution in [0.3, 0.4) is 0 Å². The van der Waals surface area contributed by atoms with Gasteiger partial charge in [0.15, 0.2) is 0 Å². The van der Waals surface area contributed by atoms with Crippen molar-refractivity contribution in [3.05, 3.63) is 28.7 Å². The number of rotatable bonds is 4. The molecule has 0 atom stereocenters. The Hall–Kier alpha value is -1.87. The minimum absolute atomic E-state index is 0.323. The molecule has 82 valence electrons. The standard InChI is InChI=1S/C10H10N4OS/c1-2-9-13-14-10(16-9)12-6-8-4-3-7(5-11)15-8/h3-4H,2,6H2,1H3,(H,12,14). The first-order valence-corrected chi connectivity index (χ1v) is 5.68. The maximum atomic E-state index is 8.59. The van der Waals surface area contributed by atoms with Crippen LogP contribution in [0.4, 0.5) is 5.13 Å². The number of furan rings is 1. The van der Waals surface area contributed by atoms with Gasteiger partial charge in [0.2, 0.25) is 10.9 Å². The molecule has 0 fully saturated rings. The summed E-state index contributed by atoms with van der Waals surface area (Å²) in [5, 5.41) is 21.4. The monoisotopic (exact) mass is 234 g/mol.